The summed E-state index contributed by atoms with van der Waals surface area (Å²) in [5.74, 6) is -1.68. The fourth-order valence-corrected chi connectivity index (χ4v) is 3.25. The van der Waals surface area contributed by atoms with Crippen molar-refractivity contribution < 1.29 is 19.6 Å². The molecule has 142 valence electrons. The monoisotopic (exact) mass is 373 g/mol. The smallest absolute Gasteiger partial charge is 0.329 e. The molecule has 1 saturated carbocycles. The maximum atomic E-state index is 12.6. The van der Waals surface area contributed by atoms with E-state index in [1.54, 1.807) is 6.07 Å². The van der Waals surface area contributed by atoms with Crippen molar-refractivity contribution in [1.82, 2.24) is 20.3 Å². The number of carboxylic acids is 1. The number of nitrogens with one attached hydrogen (secondary N) is 1. The number of aromatic nitrogens is 3. The fourth-order valence-electron chi connectivity index (χ4n) is 3.25. The first-order chi connectivity index (χ1) is 12.9. The third kappa shape index (κ3) is 3.94. The molecule has 0 radical (unpaired) electrons. The van der Waals surface area contributed by atoms with Gasteiger partial charge in [-0.2, -0.15) is 0 Å². The Kier molecular flexibility index (Phi) is 5.15. The maximum absolute atomic E-state index is 12.6. The Bertz CT molecular complexity index is 870. The Morgan fingerprint density at radius 2 is 1.93 bits per heavy atom. The first kappa shape index (κ1) is 18.5. The molecule has 10 nitrogen and oxygen atoms in total. The predicted molar refractivity (Wildman–Crippen MR) is 93.5 cm³/mol. The molecule has 0 aliphatic heterocycles. The molecule has 2 N–H and O–H groups in total. The van der Waals surface area contributed by atoms with Gasteiger partial charge in [-0.1, -0.05) is 37.0 Å². The van der Waals surface area contributed by atoms with E-state index in [0.29, 0.717) is 18.5 Å². The van der Waals surface area contributed by atoms with Crippen LogP contribution in [0.5, 0.6) is 0 Å². The molecule has 27 heavy (non-hydrogen) atoms. The molecule has 0 atom stereocenters. The van der Waals surface area contributed by atoms with E-state index in [-0.39, 0.29) is 11.4 Å². The zero-order valence-corrected chi connectivity index (χ0v) is 14.5. The minimum Gasteiger partial charge on any atom is -0.480 e. The molecule has 1 heterocycles. The van der Waals surface area contributed by atoms with Gasteiger partial charge in [0.25, 0.3) is 11.6 Å². The Morgan fingerprint density at radius 3 is 2.56 bits per heavy atom. The summed E-state index contributed by atoms with van der Waals surface area (Å²) in [6.07, 6.45) is 5.39. The van der Waals surface area contributed by atoms with Gasteiger partial charge in [0.2, 0.25) is 0 Å². The van der Waals surface area contributed by atoms with Crippen molar-refractivity contribution in [1.29, 1.82) is 0 Å². The lowest BCUT2D eigenvalue weighted by atomic mass is 9.90. The Morgan fingerprint density at radius 1 is 1.22 bits per heavy atom. The minimum absolute atomic E-state index is 0.0496. The molecule has 3 rings (SSSR count). The highest BCUT2D eigenvalue weighted by Gasteiger charge is 2.40. The number of amides is 1. The van der Waals surface area contributed by atoms with Gasteiger partial charge in [0.1, 0.15) is 5.54 Å². The van der Waals surface area contributed by atoms with Gasteiger partial charge in [-0.05, 0) is 18.9 Å². The second-order valence-corrected chi connectivity index (χ2v) is 6.58. The number of nitro groups is 1. The molecule has 0 spiro atoms. The Hall–Kier alpha value is -3.30. The van der Waals surface area contributed by atoms with Crippen molar-refractivity contribution in [2.24, 2.45) is 0 Å². The van der Waals surface area contributed by atoms with Crippen molar-refractivity contribution >= 4 is 17.6 Å². The highest BCUT2D eigenvalue weighted by Crippen LogP contribution is 2.28. The van der Waals surface area contributed by atoms with Gasteiger partial charge in [-0.3, -0.25) is 14.9 Å². The van der Waals surface area contributed by atoms with E-state index in [9.17, 15) is 24.8 Å². The van der Waals surface area contributed by atoms with Crippen molar-refractivity contribution in [3.8, 4) is 5.69 Å². The summed E-state index contributed by atoms with van der Waals surface area (Å²) in [6.45, 7) is 0. The topological polar surface area (TPSA) is 140 Å². The van der Waals surface area contributed by atoms with Crippen LogP contribution in [0.1, 0.15) is 49.0 Å². The summed E-state index contributed by atoms with van der Waals surface area (Å²) in [5.41, 5.74) is -1.09. The van der Waals surface area contributed by atoms with Gasteiger partial charge in [0, 0.05) is 12.1 Å². The van der Waals surface area contributed by atoms with Crippen molar-refractivity contribution in [3.05, 3.63) is 46.3 Å². The number of rotatable bonds is 5. The van der Waals surface area contributed by atoms with Crippen LogP contribution >= 0.6 is 0 Å². The number of carbonyl (C=O) groups is 2. The average Bonchev–Trinajstić information content (AvgIpc) is 3.03. The van der Waals surface area contributed by atoms with Crippen LogP contribution in [0.25, 0.3) is 5.69 Å². The van der Waals surface area contributed by atoms with Crippen LogP contribution in [-0.4, -0.2) is 42.4 Å². The van der Waals surface area contributed by atoms with Crippen LogP contribution in [0, 0.1) is 10.1 Å². The number of hydrogen-bond donors (Lipinski definition) is 2. The number of aliphatic carboxylic acids is 1. The minimum atomic E-state index is -1.30. The molecule has 1 fully saturated rings. The summed E-state index contributed by atoms with van der Waals surface area (Å²) in [4.78, 5) is 34.7. The van der Waals surface area contributed by atoms with Crippen LogP contribution in [0.2, 0.25) is 0 Å². The Balaban J connectivity index is 1.81. The third-order valence-electron chi connectivity index (χ3n) is 4.75. The number of carboxylic acid groups (broad SMARTS) is 1. The molecule has 2 aromatic rings. The summed E-state index contributed by atoms with van der Waals surface area (Å²) < 4.78 is 1.24. The van der Waals surface area contributed by atoms with Crippen molar-refractivity contribution in [2.75, 3.05) is 0 Å². The highest BCUT2D eigenvalue weighted by molar-refractivity contribution is 5.96. The molecule has 1 aromatic carbocycles. The van der Waals surface area contributed by atoms with E-state index in [2.05, 4.69) is 15.6 Å². The molecular formula is C17H19N5O5. The van der Waals surface area contributed by atoms with Crippen LogP contribution in [-0.2, 0) is 4.79 Å². The third-order valence-corrected chi connectivity index (χ3v) is 4.75. The van der Waals surface area contributed by atoms with Crippen LogP contribution in [0.15, 0.2) is 30.5 Å². The quantitative estimate of drug-likeness (QED) is 0.464. The molecule has 1 aliphatic carbocycles. The van der Waals surface area contributed by atoms with Crippen LogP contribution < -0.4 is 5.32 Å². The van der Waals surface area contributed by atoms with E-state index in [0.717, 1.165) is 25.7 Å². The van der Waals surface area contributed by atoms with E-state index in [4.69, 9.17) is 0 Å². The number of nitro benzene ring substituents is 1. The second kappa shape index (κ2) is 7.52. The number of non-ortho nitro benzene ring substituents is 1. The molecular weight excluding hydrogens is 354 g/mol. The largest absolute Gasteiger partial charge is 0.480 e. The van der Waals surface area contributed by atoms with Crippen molar-refractivity contribution in [3.63, 3.8) is 0 Å². The summed E-state index contributed by atoms with van der Waals surface area (Å²) in [6, 6.07) is 5.74. The van der Waals surface area contributed by atoms with Gasteiger partial charge < -0.3 is 10.4 Å². The number of hydrogen-bond acceptors (Lipinski definition) is 6. The van der Waals surface area contributed by atoms with Gasteiger partial charge >= 0.3 is 5.97 Å². The van der Waals surface area contributed by atoms with Crippen LogP contribution in [0.3, 0.4) is 0 Å². The van der Waals surface area contributed by atoms with E-state index in [1.807, 2.05) is 0 Å². The lowest BCUT2D eigenvalue weighted by Crippen LogP contribution is -2.54. The summed E-state index contributed by atoms with van der Waals surface area (Å²) >= 11 is 0. The fraction of sp³-hybridized carbons (Fsp3) is 0.412. The maximum Gasteiger partial charge on any atom is 0.329 e. The van der Waals surface area contributed by atoms with Gasteiger partial charge in [0.05, 0.1) is 16.8 Å². The molecule has 10 heteroatoms. The molecule has 0 unspecified atom stereocenters. The van der Waals surface area contributed by atoms with E-state index < -0.39 is 22.3 Å². The van der Waals surface area contributed by atoms with Gasteiger partial charge in [0.15, 0.2) is 5.69 Å². The Labute approximate surface area is 154 Å². The molecule has 1 aromatic heterocycles. The van der Waals surface area contributed by atoms with E-state index in [1.165, 1.54) is 29.1 Å². The number of benzene rings is 1. The lowest BCUT2D eigenvalue weighted by Gasteiger charge is -2.28. The van der Waals surface area contributed by atoms with Crippen LogP contribution in [0.4, 0.5) is 5.69 Å². The summed E-state index contributed by atoms with van der Waals surface area (Å²) in [7, 11) is 0. The average molecular weight is 373 g/mol. The normalized spacial score (nSPS) is 16.3. The zero-order valence-electron chi connectivity index (χ0n) is 14.5. The van der Waals surface area contributed by atoms with E-state index >= 15 is 0 Å². The molecule has 1 aliphatic rings. The molecule has 0 saturated heterocycles. The molecule has 0 bridgehead atoms. The highest BCUT2D eigenvalue weighted by atomic mass is 16.6. The second-order valence-electron chi connectivity index (χ2n) is 6.58. The summed E-state index contributed by atoms with van der Waals surface area (Å²) in [5, 5.41) is 30.8. The van der Waals surface area contributed by atoms with Crippen molar-refractivity contribution in [2.45, 2.75) is 44.1 Å². The number of carbonyl (C=O) groups excluding carboxylic acids is 1. The van der Waals surface area contributed by atoms with Gasteiger partial charge in [-0.25, -0.2) is 9.48 Å². The number of nitrogens with zero attached hydrogens (tertiary/aromatic N) is 4. The lowest BCUT2D eigenvalue weighted by molar-refractivity contribution is -0.384. The molecule has 1 amide bonds. The van der Waals surface area contributed by atoms with Gasteiger partial charge in [-0.15, -0.1) is 5.10 Å². The first-order valence-corrected chi connectivity index (χ1v) is 8.64. The standard InChI is InChI=1S/C17H19N5O5/c23-15(18-17(16(24)25)8-3-1-2-4-9-17)14-11-21(20-19-14)12-6-5-7-13(10-12)22(26)27/h5-7,10-11H,1-4,8-9H2,(H,18,23)(H,24,25). The SMILES string of the molecule is O=C(NC1(C(=O)O)CCCCCC1)c1cn(-c2cccc([N+](=O)[O-])c2)nn1. The zero-order chi connectivity index (χ0) is 19.4. The first-order valence-electron chi connectivity index (χ1n) is 8.64. The predicted octanol–water partition coefficient (Wildman–Crippen LogP) is 2.08.